The fourth-order valence-electron chi connectivity index (χ4n) is 2.55. The van der Waals surface area contributed by atoms with E-state index in [0.29, 0.717) is 12.2 Å². The van der Waals surface area contributed by atoms with Crippen LogP contribution in [0, 0.1) is 5.82 Å². The molecule has 1 aromatic rings. The first-order valence-electron chi connectivity index (χ1n) is 7.04. The van der Waals surface area contributed by atoms with Gasteiger partial charge in [-0.05, 0) is 44.5 Å². The van der Waals surface area contributed by atoms with Crippen molar-refractivity contribution in [2.24, 2.45) is 0 Å². The molecule has 1 fully saturated rings. The van der Waals surface area contributed by atoms with E-state index in [2.05, 4.69) is 17.1 Å². The summed E-state index contributed by atoms with van der Waals surface area (Å²) in [6, 6.07) is 5.47. The van der Waals surface area contributed by atoms with E-state index in [9.17, 15) is 4.39 Å². The van der Waals surface area contributed by atoms with Crippen LogP contribution in [0.2, 0.25) is 0 Å². The lowest BCUT2D eigenvalue weighted by atomic mass is 10.1. The zero-order valence-corrected chi connectivity index (χ0v) is 11.8. The van der Waals surface area contributed by atoms with Crippen molar-refractivity contribution in [2.45, 2.75) is 32.4 Å². The Morgan fingerprint density at radius 3 is 2.89 bits per heavy atom. The molecule has 1 aliphatic heterocycles. The van der Waals surface area contributed by atoms with E-state index in [-0.39, 0.29) is 11.9 Å². The molecule has 1 unspecified atom stereocenters. The Balaban J connectivity index is 2.08. The zero-order valence-electron chi connectivity index (χ0n) is 11.8. The van der Waals surface area contributed by atoms with Gasteiger partial charge in [0.25, 0.3) is 0 Å². The Hall–Kier alpha value is -1.13. The van der Waals surface area contributed by atoms with Crippen molar-refractivity contribution < 1.29 is 9.13 Å². The van der Waals surface area contributed by atoms with E-state index >= 15 is 0 Å². The largest absolute Gasteiger partial charge is 0.376 e. The van der Waals surface area contributed by atoms with Crippen LogP contribution in [0.4, 0.5) is 10.1 Å². The van der Waals surface area contributed by atoms with Gasteiger partial charge in [-0.2, -0.15) is 0 Å². The van der Waals surface area contributed by atoms with Crippen LogP contribution in [0.1, 0.15) is 25.3 Å². The molecule has 106 valence electrons. The van der Waals surface area contributed by atoms with Gasteiger partial charge in [-0.25, -0.2) is 4.39 Å². The molecule has 1 aromatic carbocycles. The predicted molar refractivity (Wildman–Crippen MR) is 76.0 cm³/mol. The summed E-state index contributed by atoms with van der Waals surface area (Å²) in [6.45, 7) is 5.15. The van der Waals surface area contributed by atoms with Gasteiger partial charge in [-0.3, -0.25) is 0 Å². The molecule has 1 saturated heterocycles. The number of nitrogens with one attached hydrogen (secondary N) is 1. The van der Waals surface area contributed by atoms with Gasteiger partial charge < -0.3 is 15.0 Å². The molecule has 1 atom stereocenters. The highest BCUT2D eigenvalue weighted by Gasteiger charge is 2.20. The van der Waals surface area contributed by atoms with Gasteiger partial charge in [0.1, 0.15) is 5.82 Å². The van der Waals surface area contributed by atoms with Crippen LogP contribution in [0.15, 0.2) is 18.2 Å². The van der Waals surface area contributed by atoms with Crippen LogP contribution in [0.5, 0.6) is 0 Å². The maximum atomic E-state index is 14.2. The number of anilines is 1. The Bertz CT molecular complexity index is 405. The summed E-state index contributed by atoms with van der Waals surface area (Å²) in [7, 11) is 1.86. The molecule has 3 nitrogen and oxygen atoms in total. The minimum atomic E-state index is -0.146. The average Bonchev–Trinajstić information content (AvgIpc) is 2.90. The number of likely N-dealkylation sites (N-methyl/N-ethyl adjacent to an activating group) is 1. The maximum Gasteiger partial charge on any atom is 0.146 e. The van der Waals surface area contributed by atoms with Crippen molar-refractivity contribution in [2.75, 3.05) is 31.6 Å². The quantitative estimate of drug-likeness (QED) is 0.856. The molecule has 0 aliphatic carbocycles. The maximum absolute atomic E-state index is 14.2. The lowest BCUT2D eigenvalue weighted by molar-refractivity contribution is 0.115. The van der Waals surface area contributed by atoms with Crippen LogP contribution in [-0.4, -0.2) is 32.8 Å². The molecule has 0 bridgehead atoms. The van der Waals surface area contributed by atoms with E-state index in [1.54, 1.807) is 6.07 Å². The highest BCUT2D eigenvalue weighted by atomic mass is 19.1. The third-order valence-electron chi connectivity index (χ3n) is 3.56. The number of nitrogens with zero attached hydrogens (tertiary/aromatic N) is 1. The molecule has 4 heteroatoms. The van der Waals surface area contributed by atoms with Crippen LogP contribution < -0.4 is 10.2 Å². The summed E-state index contributed by atoms with van der Waals surface area (Å²) >= 11 is 0. The Kier molecular flexibility index (Phi) is 5.16. The average molecular weight is 266 g/mol. The molecule has 19 heavy (non-hydrogen) atoms. The summed E-state index contributed by atoms with van der Waals surface area (Å²) in [5, 5.41) is 3.03. The molecular weight excluding hydrogens is 243 g/mol. The second-order valence-corrected chi connectivity index (χ2v) is 4.99. The van der Waals surface area contributed by atoms with E-state index in [1.807, 2.05) is 19.2 Å². The van der Waals surface area contributed by atoms with Crippen LogP contribution >= 0.6 is 0 Å². The Morgan fingerprint density at radius 1 is 1.47 bits per heavy atom. The monoisotopic (exact) mass is 266 g/mol. The minimum absolute atomic E-state index is 0.146. The first-order chi connectivity index (χ1) is 9.24. The van der Waals surface area contributed by atoms with Gasteiger partial charge >= 0.3 is 0 Å². The third-order valence-corrected chi connectivity index (χ3v) is 3.56. The van der Waals surface area contributed by atoms with Crippen molar-refractivity contribution in [3.05, 3.63) is 29.6 Å². The smallest absolute Gasteiger partial charge is 0.146 e. The molecule has 1 aliphatic rings. The standard InChI is InChI=1S/C15H23FN2O/c1-3-18(11-13-5-4-8-19-13)15-7-6-12(10-17-2)9-14(15)16/h6-7,9,13,17H,3-5,8,10-11H2,1-2H3. The molecular formula is C15H23FN2O. The summed E-state index contributed by atoms with van der Waals surface area (Å²) < 4.78 is 19.8. The Morgan fingerprint density at radius 2 is 2.32 bits per heavy atom. The number of benzene rings is 1. The topological polar surface area (TPSA) is 24.5 Å². The second kappa shape index (κ2) is 6.87. The molecule has 1 heterocycles. The summed E-state index contributed by atoms with van der Waals surface area (Å²) in [4.78, 5) is 2.06. The van der Waals surface area contributed by atoms with E-state index in [1.165, 1.54) is 0 Å². The number of ether oxygens (including phenoxy) is 1. The van der Waals surface area contributed by atoms with Gasteiger partial charge in [0.15, 0.2) is 0 Å². The molecule has 0 amide bonds. The summed E-state index contributed by atoms with van der Waals surface area (Å²) in [6.07, 6.45) is 2.44. The van der Waals surface area contributed by atoms with Crippen molar-refractivity contribution >= 4 is 5.69 Å². The third kappa shape index (κ3) is 3.67. The molecule has 2 rings (SSSR count). The van der Waals surface area contributed by atoms with Crippen molar-refractivity contribution in [3.8, 4) is 0 Å². The fraction of sp³-hybridized carbons (Fsp3) is 0.600. The van der Waals surface area contributed by atoms with Crippen molar-refractivity contribution in [1.82, 2.24) is 5.32 Å². The SMILES string of the molecule is CCN(CC1CCCO1)c1ccc(CNC)cc1F. The van der Waals surface area contributed by atoms with E-state index in [0.717, 1.165) is 38.1 Å². The second-order valence-electron chi connectivity index (χ2n) is 4.99. The number of rotatable bonds is 6. The first-order valence-corrected chi connectivity index (χ1v) is 7.04. The Labute approximate surface area is 114 Å². The molecule has 1 N–H and O–H groups in total. The number of hydrogen-bond acceptors (Lipinski definition) is 3. The van der Waals surface area contributed by atoms with E-state index < -0.39 is 0 Å². The summed E-state index contributed by atoms with van der Waals surface area (Å²) in [5.74, 6) is -0.146. The highest BCUT2D eigenvalue weighted by molar-refractivity contribution is 5.49. The lowest BCUT2D eigenvalue weighted by Crippen LogP contribution is -2.32. The molecule has 0 spiro atoms. The predicted octanol–water partition coefficient (Wildman–Crippen LogP) is 2.55. The van der Waals surface area contributed by atoms with Crippen molar-refractivity contribution in [3.63, 3.8) is 0 Å². The summed E-state index contributed by atoms with van der Waals surface area (Å²) in [5.41, 5.74) is 1.65. The minimum Gasteiger partial charge on any atom is -0.376 e. The van der Waals surface area contributed by atoms with Crippen molar-refractivity contribution in [1.29, 1.82) is 0 Å². The molecule has 0 aromatic heterocycles. The van der Waals surface area contributed by atoms with Gasteiger partial charge in [0, 0.05) is 26.2 Å². The van der Waals surface area contributed by atoms with E-state index in [4.69, 9.17) is 4.74 Å². The van der Waals surface area contributed by atoms with Gasteiger partial charge in [0.05, 0.1) is 11.8 Å². The number of halogens is 1. The van der Waals surface area contributed by atoms with Gasteiger partial charge in [0.2, 0.25) is 0 Å². The van der Waals surface area contributed by atoms with Crippen LogP contribution in [0.3, 0.4) is 0 Å². The highest BCUT2D eigenvalue weighted by Crippen LogP contribution is 2.23. The first kappa shape index (κ1) is 14.3. The van der Waals surface area contributed by atoms with Gasteiger partial charge in [-0.1, -0.05) is 6.07 Å². The van der Waals surface area contributed by atoms with Crippen LogP contribution in [0.25, 0.3) is 0 Å². The molecule has 0 radical (unpaired) electrons. The van der Waals surface area contributed by atoms with Crippen LogP contribution in [-0.2, 0) is 11.3 Å². The fourth-order valence-corrected chi connectivity index (χ4v) is 2.55. The number of hydrogen-bond donors (Lipinski definition) is 1. The normalized spacial score (nSPS) is 18.8. The zero-order chi connectivity index (χ0) is 13.7. The molecule has 0 saturated carbocycles. The van der Waals surface area contributed by atoms with Gasteiger partial charge in [-0.15, -0.1) is 0 Å². The lowest BCUT2D eigenvalue weighted by Gasteiger charge is -2.26.